The molecular weight excluding hydrogens is 420 g/mol. The van der Waals surface area contributed by atoms with Crippen LogP contribution in [0.25, 0.3) is 17.1 Å². The van der Waals surface area contributed by atoms with Gasteiger partial charge in [-0.15, -0.1) is 10.2 Å². The zero-order valence-corrected chi connectivity index (χ0v) is 18.8. The fourth-order valence-electron chi connectivity index (χ4n) is 3.21. The first-order valence-electron chi connectivity index (χ1n) is 10.2. The molecule has 1 N–H and O–H groups in total. The van der Waals surface area contributed by atoms with Gasteiger partial charge in [-0.1, -0.05) is 71.9 Å². The number of ether oxygens (including phenoxy) is 1. The van der Waals surface area contributed by atoms with Gasteiger partial charge in [-0.3, -0.25) is 9.36 Å². The van der Waals surface area contributed by atoms with Crippen LogP contribution in [0.3, 0.4) is 0 Å². The van der Waals surface area contributed by atoms with Gasteiger partial charge in [0.05, 0.1) is 12.9 Å². The van der Waals surface area contributed by atoms with E-state index in [2.05, 4.69) is 15.5 Å². The highest BCUT2D eigenvalue weighted by Crippen LogP contribution is 2.29. The van der Waals surface area contributed by atoms with Gasteiger partial charge in [0.2, 0.25) is 5.91 Å². The third-order valence-corrected chi connectivity index (χ3v) is 5.85. The number of amides is 1. The molecule has 1 heterocycles. The monoisotopic (exact) mass is 444 g/mol. The first-order chi connectivity index (χ1) is 15.6. The molecule has 0 unspecified atom stereocenters. The van der Waals surface area contributed by atoms with Crippen LogP contribution >= 0.6 is 11.8 Å². The smallest absolute Gasteiger partial charge is 0.230 e. The van der Waals surface area contributed by atoms with Crippen LogP contribution in [-0.2, 0) is 11.3 Å². The van der Waals surface area contributed by atoms with Crippen LogP contribution in [0.1, 0.15) is 11.1 Å². The molecule has 0 atom stereocenters. The van der Waals surface area contributed by atoms with E-state index in [0.717, 1.165) is 22.6 Å². The molecule has 0 bridgehead atoms. The van der Waals surface area contributed by atoms with E-state index in [-0.39, 0.29) is 11.7 Å². The molecule has 7 heteroatoms. The predicted octanol–water partition coefficient (Wildman–Crippen LogP) is 4.66. The van der Waals surface area contributed by atoms with Crippen LogP contribution < -0.4 is 10.1 Å². The van der Waals surface area contributed by atoms with Crippen LogP contribution in [0, 0.1) is 6.92 Å². The molecule has 0 saturated heterocycles. The van der Waals surface area contributed by atoms with Gasteiger partial charge in [0, 0.05) is 17.8 Å². The van der Waals surface area contributed by atoms with Gasteiger partial charge in [-0.05, 0) is 36.8 Å². The molecule has 0 saturated carbocycles. The van der Waals surface area contributed by atoms with E-state index < -0.39 is 0 Å². The summed E-state index contributed by atoms with van der Waals surface area (Å²) in [5.74, 6) is 1.63. The van der Waals surface area contributed by atoms with Gasteiger partial charge in [0.1, 0.15) is 5.75 Å². The Morgan fingerprint density at radius 3 is 2.53 bits per heavy atom. The Balaban J connectivity index is 1.52. The maximum atomic E-state index is 12.5. The van der Waals surface area contributed by atoms with E-state index in [1.807, 2.05) is 90.4 Å². The van der Waals surface area contributed by atoms with Crippen molar-refractivity contribution in [1.29, 1.82) is 0 Å². The van der Waals surface area contributed by atoms with Crippen molar-refractivity contribution in [3.8, 4) is 22.8 Å². The average Bonchev–Trinajstić information content (AvgIpc) is 3.27. The lowest BCUT2D eigenvalue weighted by atomic mass is 10.1. The molecule has 1 aromatic heterocycles. The number of hydrogen-bond acceptors (Lipinski definition) is 5. The lowest BCUT2D eigenvalue weighted by molar-refractivity contribution is -0.118. The SMILES string of the molecule is COc1cccc(-c2nnc(SCC(=O)NCc3ccc(C)cc3)n2-c2ccccc2)c1. The molecule has 0 aliphatic rings. The third kappa shape index (κ3) is 5.18. The standard InChI is InChI=1S/C25H24N4O2S/c1-18-11-13-19(14-12-18)16-26-23(30)17-32-25-28-27-24(20-7-6-10-22(15-20)31-2)29(25)21-8-4-3-5-9-21/h3-15H,16-17H2,1-2H3,(H,26,30). The number of thioether (sulfide) groups is 1. The maximum absolute atomic E-state index is 12.5. The second kappa shape index (κ2) is 10.2. The summed E-state index contributed by atoms with van der Waals surface area (Å²) in [7, 11) is 1.64. The highest BCUT2D eigenvalue weighted by atomic mass is 32.2. The molecule has 0 fully saturated rings. The summed E-state index contributed by atoms with van der Waals surface area (Å²) in [6, 6.07) is 25.7. The summed E-state index contributed by atoms with van der Waals surface area (Å²) in [4.78, 5) is 12.5. The summed E-state index contributed by atoms with van der Waals surface area (Å²) < 4.78 is 7.33. The van der Waals surface area contributed by atoms with Crippen molar-refractivity contribution >= 4 is 17.7 Å². The van der Waals surface area contributed by atoms with Crippen molar-refractivity contribution < 1.29 is 9.53 Å². The second-order valence-electron chi connectivity index (χ2n) is 7.26. The Bertz CT molecular complexity index is 1190. The Morgan fingerprint density at radius 2 is 1.78 bits per heavy atom. The number of aryl methyl sites for hydroxylation is 1. The van der Waals surface area contributed by atoms with Crippen LogP contribution in [0.15, 0.2) is 84.0 Å². The molecule has 6 nitrogen and oxygen atoms in total. The minimum absolute atomic E-state index is 0.0545. The van der Waals surface area contributed by atoms with Crippen molar-refractivity contribution in [3.63, 3.8) is 0 Å². The van der Waals surface area contributed by atoms with Gasteiger partial charge in [-0.2, -0.15) is 0 Å². The topological polar surface area (TPSA) is 69.0 Å². The van der Waals surface area contributed by atoms with E-state index in [9.17, 15) is 4.79 Å². The summed E-state index contributed by atoms with van der Waals surface area (Å²) in [6.07, 6.45) is 0. The van der Waals surface area contributed by atoms with E-state index in [0.29, 0.717) is 17.5 Å². The number of hydrogen-bond donors (Lipinski definition) is 1. The fourth-order valence-corrected chi connectivity index (χ4v) is 3.99. The average molecular weight is 445 g/mol. The van der Waals surface area contributed by atoms with E-state index in [1.54, 1.807) is 7.11 Å². The number of aromatic nitrogens is 3. The summed E-state index contributed by atoms with van der Waals surface area (Å²) in [5, 5.41) is 12.4. The van der Waals surface area contributed by atoms with Gasteiger partial charge in [-0.25, -0.2) is 0 Å². The van der Waals surface area contributed by atoms with E-state index in [1.165, 1.54) is 17.3 Å². The summed E-state index contributed by atoms with van der Waals surface area (Å²) in [5.41, 5.74) is 4.08. The molecule has 0 aliphatic heterocycles. The number of nitrogens with one attached hydrogen (secondary N) is 1. The normalized spacial score (nSPS) is 10.7. The molecule has 3 aromatic carbocycles. The van der Waals surface area contributed by atoms with Crippen molar-refractivity contribution in [1.82, 2.24) is 20.1 Å². The molecule has 162 valence electrons. The zero-order chi connectivity index (χ0) is 22.3. The number of carbonyl (C=O) groups is 1. The van der Waals surface area contributed by atoms with Crippen LogP contribution in [0.2, 0.25) is 0 Å². The quantitative estimate of drug-likeness (QED) is 0.400. The predicted molar refractivity (Wildman–Crippen MR) is 127 cm³/mol. The molecule has 0 spiro atoms. The third-order valence-electron chi connectivity index (χ3n) is 4.92. The van der Waals surface area contributed by atoms with Crippen LogP contribution in [-0.4, -0.2) is 33.5 Å². The van der Waals surface area contributed by atoms with Crippen molar-refractivity contribution in [2.45, 2.75) is 18.6 Å². The minimum Gasteiger partial charge on any atom is -0.497 e. The number of rotatable bonds is 8. The van der Waals surface area contributed by atoms with Crippen LogP contribution in [0.5, 0.6) is 5.75 Å². The van der Waals surface area contributed by atoms with Crippen molar-refractivity contribution in [3.05, 3.63) is 90.0 Å². The Labute approximate surface area is 191 Å². The van der Waals surface area contributed by atoms with Crippen molar-refractivity contribution in [2.24, 2.45) is 0 Å². The first-order valence-corrected chi connectivity index (χ1v) is 11.2. The number of nitrogens with zero attached hydrogens (tertiary/aromatic N) is 3. The molecule has 4 aromatic rings. The molecular formula is C25H24N4O2S. The highest BCUT2D eigenvalue weighted by Gasteiger charge is 2.17. The number of para-hydroxylation sites is 1. The molecule has 0 radical (unpaired) electrons. The highest BCUT2D eigenvalue weighted by molar-refractivity contribution is 7.99. The lowest BCUT2D eigenvalue weighted by Gasteiger charge is -2.11. The Hall–Kier alpha value is -3.58. The number of benzene rings is 3. The zero-order valence-electron chi connectivity index (χ0n) is 18.0. The van der Waals surface area contributed by atoms with Crippen LogP contribution in [0.4, 0.5) is 0 Å². The fraction of sp³-hybridized carbons (Fsp3) is 0.160. The summed E-state index contributed by atoms with van der Waals surface area (Å²) in [6.45, 7) is 2.54. The first kappa shape index (κ1) is 21.6. The second-order valence-corrected chi connectivity index (χ2v) is 8.20. The van der Waals surface area contributed by atoms with E-state index in [4.69, 9.17) is 4.74 Å². The van der Waals surface area contributed by atoms with Gasteiger partial charge < -0.3 is 10.1 Å². The molecule has 32 heavy (non-hydrogen) atoms. The van der Waals surface area contributed by atoms with Gasteiger partial charge in [0.15, 0.2) is 11.0 Å². The molecule has 1 amide bonds. The largest absolute Gasteiger partial charge is 0.497 e. The van der Waals surface area contributed by atoms with E-state index >= 15 is 0 Å². The summed E-state index contributed by atoms with van der Waals surface area (Å²) >= 11 is 1.36. The Morgan fingerprint density at radius 1 is 1.00 bits per heavy atom. The minimum atomic E-state index is -0.0545. The lowest BCUT2D eigenvalue weighted by Crippen LogP contribution is -2.24. The number of methoxy groups -OCH3 is 1. The van der Waals surface area contributed by atoms with Crippen molar-refractivity contribution in [2.75, 3.05) is 12.9 Å². The maximum Gasteiger partial charge on any atom is 0.230 e. The Kier molecular flexibility index (Phi) is 6.87. The molecule has 4 rings (SSSR count). The molecule has 0 aliphatic carbocycles. The van der Waals surface area contributed by atoms with Gasteiger partial charge >= 0.3 is 0 Å². The van der Waals surface area contributed by atoms with Gasteiger partial charge in [0.25, 0.3) is 0 Å². The number of carbonyl (C=O) groups excluding carboxylic acids is 1.